The standard InChI is InChI=1S/C19H24/c1-15(2)18-13-11-17(12-14-18)8-6-10-19-9-5-4-7-16(19)3/h4-5,7,9,11-15H,6,8,10H2,1-3H3. The molecule has 0 saturated carbocycles. The van der Waals surface area contributed by atoms with Crippen LogP contribution in [0.1, 0.15) is 48.4 Å². The van der Waals surface area contributed by atoms with Crippen LogP contribution in [0.3, 0.4) is 0 Å². The van der Waals surface area contributed by atoms with E-state index in [0.717, 1.165) is 0 Å². The summed E-state index contributed by atoms with van der Waals surface area (Å²) in [6.45, 7) is 6.69. The minimum Gasteiger partial charge on any atom is -0.0620 e. The Kier molecular flexibility index (Phi) is 4.79. The predicted molar refractivity (Wildman–Crippen MR) is 83.7 cm³/mol. The monoisotopic (exact) mass is 252 g/mol. The first kappa shape index (κ1) is 13.9. The maximum Gasteiger partial charge on any atom is -0.0219 e. The Balaban J connectivity index is 1.87. The zero-order chi connectivity index (χ0) is 13.7. The van der Waals surface area contributed by atoms with E-state index in [1.54, 1.807) is 0 Å². The van der Waals surface area contributed by atoms with Gasteiger partial charge in [-0.1, -0.05) is 62.4 Å². The maximum absolute atomic E-state index is 2.28. The van der Waals surface area contributed by atoms with Gasteiger partial charge in [0.05, 0.1) is 0 Å². The van der Waals surface area contributed by atoms with Gasteiger partial charge in [-0.05, 0) is 54.4 Å². The summed E-state index contributed by atoms with van der Waals surface area (Å²) in [4.78, 5) is 0. The summed E-state index contributed by atoms with van der Waals surface area (Å²) in [5.41, 5.74) is 5.79. The van der Waals surface area contributed by atoms with Crippen LogP contribution in [0.25, 0.3) is 0 Å². The van der Waals surface area contributed by atoms with Crippen LogP contribution in [0, 0.1) is 6.92 Å². The van der Waals surface area contributed by atoms with Gasteiger partial charge in [0.2, 0.25) is 0 Å². The van der Waals surface area contributed by atoms with Crippen LogP contribution in [-0.4, -0.2) is 0 Å². The van der Waals surface area contributed by atoms with Gasteiger partial charge in [0.25, 0.3) is 0 Å². The molecule has 0 aliphatic rings. The highest BCUT2D eigenvalue weighted by Gasteiger charge is 2.00. The maximum atomic E-state index is 2.28. The SMILES string of the molecule is Cc1ccccc1CCCc1ccc(C(C)C)cc1. The molecule has 0 radical (unpaired) electrons. The molecule has 0 heteroatoms. The van der Waals surface area contributed by atoms with Crippen molar-refractivity contribution in [2.24, 2.45) is 0 Å². The highest BCUT2D eigenvalue weighted by Crippen LogP contribution is 2.16. The Morgan fingerprint density at radius 1 is 0.842 bits per heavy atom. The third kappa shape index (κ3) is 3.96. The van der Waals surface area contributed by atoms with Crippen LogP contribution in [0.5, 0.6) is 0 Å². The van der Waals surface area contributed by atoms with E-state index >= 15 is 0 Å². The summed E-state index contributed by atoms with van der Waals surface area (Å²) in [5, 5.41) is 0. The summed E-state index contributed by atoms with van der Waals surface area (Å²) < 4.78 is 0. The highest BCUT2D eigenvalue weighted by atomic mass is 14.1. The van der Waals surface area contributed by atoms with Crippen LogP contribution in [0.4, 0.5) is 0 Å². The molecule has 0 nitrogen and oxygen atoms in total. The van der Waals surface area contributed by atoms with Gasteiger partial charge in [-0.3, -0.25) is 0 Å². The lowest BCUT2D eigenvalue weighted by atomic mass is 9.98. The molecule has 2 rings (SSSR count). The molecule has 0 amide bonds. The fraction of sp³-hybridized carbons (Fsp3) is 0.368. The number of hydrogen-bond donors (Lipinski definition) is 0. The summed E-state index contributed by atoms with van der Waals surface area (Å²) in [5.74, 6) is 0.626. The third-order valence-corrected chi connectivity index (χ3v) is 3.82. The molecule has 0 N–H and O–H groups in total. The first-order chi connectivity index (χ1) is 9.16. The Morgan fingerprint density at radius 3 is 2.16 bits per heavy atom. The van der Waals surface area contributed by atoms with Crippen LogP contribution in [0.15, 0.2) is 48.5 Å². The Hall–Kier alpha value is -1.56. The average Bonchev–Trinajstić information content (AvgIpc) is 2.41. The van der Waals surface area contributed by atoms with E-state index in [0.29, 0.717) is 5.92 Å². The van der Waals surface area contributed by atoms with Gasteiger partial charge >= 0.3 is 0 Å². The molecular weight excluding hydrogens is 228 g/mol. The van der Waals surface area contributed by atoms with Gasteiger partial charge in [0, 0.05) is 0 Å². The molecule has 19 heavy (non-hydrogen) atoms. The summed E-state index contributed by atoms with van der Waals surface area (Å²) in [6, 6.07) is 17.8. The molecule has 0 unspecified atom stereocenters. The highest BCUT2D eigenvalue weighted by molar-refractivity contribution is 5.27. The van der Waals surface area contributed by atoms with Crippen molar-refractivity contribution in [1.82, 2.24) is 0 Å². The van der Waals surface area contributed by atoms with Crippen molar-refractivity contribution >= 4 is 0 Å². The molecule has 0 atom stereocenters. The molecule has 2 aromatic carbocycles. The summed E-state index contributed by atoms with van der Waals surface area (Å²) in [7, 11) is 0. The van der Waals surface area contributed by atoms with Crippen molar-refractivity contribution in [3.05, 3.63) is 70.8 Å². The molecule has 0 spiro atoms. The summed E-state index contributed by atoms with van der Waals surface area (Å²) >= 11 is 0. The Morgan fingerprint density at radius 2 is 1.53 bits per heavy atom. The number of hydrogen-bond acceptors (Lipinski definition) is 0. The number of rotatable bonds is 5. The van der Waals surface area contributed by atoms with Crippen LogP contribution in [0.2, 0.25) is 0 Å². The van der Waals surface area contributed by atoms with E-state index in [1.807, 2.05) is 0 Å². The molecule has 0 bridgehead atoms. The minimum atomic E-state index is 0.626. The van der Waals surface area contributed by atoms with Crippen molar-refractivity contribution in [3.63, 3.8) is 0 Å². The molecule has 2 aromatic rings. The van der Waals surface area contributed by atoms with Crippen LogP contribution in [-0.2, 0) is 12.8 Å². The topological polar surface area (TPSA) is 0 Å². The van der Waals surface area contributed by atoms with Gasteiger partial charge in [0.1, 0.15) is 0 Å². The minimum absolute atomic E-state index is 0.626. The lowest BCUT2D eigenvalue weighted by molar-refractivity contribution is 0.812. The first-order valence-corrected chi connectivity index (χ1v) is 7.30. The fourth-order valence-electron chi connectivity index (χ4n) is 2.44. The second-order valence-corrected chi connectivity index (χ2v) is 5.68. The van der Waals surface area contributed by atoms with E-state index in [1.165, 1.54) is 41.5 Å². The zero-order valence-corrected chi connectivity index (χ0v) is 12.3. The van der Waals surface area contributed by atoms with E-state index in [9.17, 15) is 0 Å². The Bertz CT molecular complexity index is 506. The molecule has 0 aliphatic heterocycles. The van der Waals surface area contributed by atoms with Crippen LogP contribution >= 0.6 is 0 Å². The normalized spacial score (nSPS) is 10.9. The van der Waals surface area contributed by atoms with Crippen LogP contribution < -0.4 is 0 Å². The van der Waals surface area contributed by atoms with E-state index in [-0.39, 0.29) is 0 Å². The zero-order valence-electron chi connectivity index (χ0n) is 12.3. The van der Waals surface area contributed by atoms with Crippen molar-refractivity contribution in [2.75, 3.05) is 0 Å². The molecule has 0 heterocycles. The summed E-state index contributed by atoms with van der Waals surface area (Å²) in [6.07, 6.45) is 3.58. The molecule has 100 valence electrons. The third-order valence-electron chi connectivity index (χ3n) is 3.82. The van der Waals surface area contributed by atoms with Gasteiger partial charge in [-0.15, -0.1) is 0 Å². The van der Waals surface area contributed by atoms with E-state index in [4.69, 9.17) is 0 Å². The van der Waals surface area contributed by atoms with Gasteiger partial charge < -0.3 is 0 Å². The van der Waals surface area contributed by atoms with E-state index < -0.39 is 0 Å². The number of aryl methyl sites for hydroxylation is 3. The predicted octanol–water partition coefficient (Wildman–Crippen LogP) is 5.29. The van der Waals surface area contributed by atoms with Gasteiger partial charge in [-0.25, -0.2) is 0 Å². The molecule has 0 fully saturated rings. The van der Waals surface area contributed by atoms with Crippen molar-refractivity contribution in [1.29, 1.82) is 0 Å². The Labute approximate surface area is 117 Å². The molecule has 0 saturated heterocycles. The fourth-order valence-corrected chi connectivity index (χ4v) is 2.44. The molecule has 0 aliphatic carbocycles. The second-order valence-electron chi connectivity index (χ2n) is 5.68. The van der Waals surface area contributed by atoms with Crippen molar-refractivity contribution in [2.45, 2.75) is 46.0 Å². The van der Waals surface area contributed by atoms with Gasteiger partial charge in [-0.2, -0.15) is 0 Å². The smallest absolute Gasteiger partial charge is 0.0219 e. The largest absolute Gasteiger partial charge is 0.0620 e. The lowest BCUT2D eigenvalue weighted by Crippen LogP contribution is -1.93. The molecular formula is C19H24. The van der Waals surface area contributed by atoms with Crippen molar-refractivity contribution in [3.8, 4) is 0 Å². The molecule has 0 aromatic heterocycles. The lowest BCUT2D eigenvalue weighted by Gasteiger charge is -2.08. The van der Waals surface area contributed by atoms with E-state index in [2.05, 4.69) is 69.3 Å². The van der Waals surface area contributed by atoms with Gasteiger partial charge in [0.15, 0.2) is 0 Å². The quantitative estimate of drug-likeness (QED) is 0.678. The average molecular weight is 252 g/mol. The van der Waals surface area contributed by atoms with Crippen molar-refractivity contribution < 1.29 is 0 Å². The second kappa shape index (κ2) is 6.56. The first-order valence-electron chi connectivity index (χ1n) is 7.30. The number of benzene rings is 2.